The number of allylic oxidation sites excluding steroid dienone is 2. The van der Waals surface area contributed by atoms with E-state index < -0.39 is 11.5 Å². The monoisotopic (exact) mass is 1280 g/mol. The van der Waals surface area contributed by atoms with Crippen molar-refractivity contribution in [2.75, 3.05) is 0 Å². The Morgan fingerprint density at radius 1 is 0.451 bits per heavy atom. The predicted octanol–water partition coefficient (Wildman–Crippen LogP) is 27.0. The number of benzene rings is 7. The Kier molecular flexibility index (Phi) is 31.7. The summed E-state index contributed by atoms with van der Waals surface area (Å²) >= 11 is 12.0. The predicted molar refractivity (Wildman–Crippen MR) is 397 cm³/mol. The van der Waals surface area contributed by atoms with Gasteiger partial charge in [-0.1, -0.05) is 269 Å². The van der Waals surface area contributed by atoms with E-state index >= 15 is 0 Å². The van der Waals surface area contributed by atoms with Crippen LogP contribution >= 0.6 is 23.2 Å². The number of ether oxygens (including phenoxy) is 1. The summed E-state index contributed by atoms with van der Waals surface area (Å²) in [5.74, 6) is 2.66. The average Bonchev–Trinajstić information content (AvgIpc) is 1.79. The molecule has 0 amide bonds. The quantitative estimate of drug-likeness (QED) is 0.132. The molecule has 0 saturated carbocycles. The fourth-order valence-electron chi connectivity index (χ4n) is 10.4. The highest BCUT2D eigenvalue weighted by Crippen LogP contribution is 2.40. The molecule has 0 spiro atoms. The highest BCUT2D eigenvalue weighted by atomic mass is 35.5. The van der Waals surface area contributed by atoms with Gasteiger partial charge in [-0.25, -0.2) is 8.78 Å². The molecule has 0 saturated heterocycles. The molecular formula is C85H118Cl2F2O2. The van der Waals surface area contributed by atoms with Gasteiger partial charge in [0.25, 0.3) is 5.92 Å². The van der Waals surface area contributed by atoms with Gasteiger partial charge in [-0.2, -0.15) is 0 Å². The fourth-order valence-corrected chi connectivity index (χ4v) is 10.9. The highest BCUT2D eigenvalue weighted by molar-refractivity contribution is 6.31. The van der Waals surface area contributed by atoms with E-state index in [9.17, 15) is 13.9 Å². The van der Waals surface area contributed by atoms with Crippen LogP contribution in [-0.2, 0) is 29.8 Å². The van der Waals surface area contributed by atoms with E-state index in [1.165, 1.54) is 74.6 Å². The molecule has 0 aliphatic heterocycles. The molecule has 1 N–H and O–H groups in total. The van der Waals surface area contributed by atoms with Crippen LogP contribution in [0.15, 0.2) is 146 Å². The highest BCUT2D eigenvalue weighted by Gasteiger charge is 2.30. The van der Waals surface area contributed by atoms with Crippen LogP contribution in [-0.4, -0.2) is 11.2 Å². The van der Waals surface area contributed by atoms with Crippen LogP contribution < -0.4 is 4.74 Å². The van der Waals surface area contributed by atoms with Gasteiger partial charge in [-0.05, 0) is 234 Å². The minimum atomic E-state index is -2.73. The Labute approximate surface area is 564 Å². The molecule has 498 valence electrons. The van der Waals surface area contributed by atoms with Crippen LogP contribution in [0.4, 0.5) is 8.78 Å². The van der Waals surface area contributed by atoms with Gasteiger partial charge in [0.05, 0.1) is 11.7 Å². The van der Waals surface area contributed by atoms with E-state index in [0.717, 1.165) is 51.4 Å². The Morgan fingerprint density at radius 2 is 0.890 bits per heavy atom. The molecule has 7 aromatic carbocycles. The minimum Gasteiger partial charge on any atom is -0.491 e. The normalized spacial score (nSPS) is 13.0. The van der Waals surface area contributed by atoms with Crippen LogP contribution in [0.25, 0.3) is 5.57 Å². The fraction of sp³-hybridized carbons (Fsp3) is 0.482. The van der Waals surface area contributed by atoms with E-state index in [-0.39, 0.29) is 11.7 Å². The summed E-state index contributed by atoms with van der Waals surface area (Å²) in [6, 6.07) is 47.8. The largest absolute Gasteiger partial charge is 0.491 e. The van der Waals surface area contributed by atoms with Crippen molar-refractivity contribution < 1.29 is 18.6 Å². The van der Waals surface area contributed by atoms with E-state index in [1.54, 1.807) is 37.1 Å². The van der Waals surface area contributed by atoms with Crippen molar-refractivity contribution in [1.82, 2.24) is 0 Å². The van der Waals surface area contributed by atoms with Crippen molar-refractivity contribution in [3.05, 3.63) is 245 Å². The first kappa shape index (κ1) is 79.7. The van der Waals surface area contributed by atoms with Crippen LogP contribution in [0, 0.1) is 13.8 Å². The van der Waals surface area contributed by atoms with Crippen LogP contribution in [0.3, 0.4) is 0 Å². The molecule has 2 aliphatic carbocycles. The summed E-state index contributed by atoms with van der Waals surface area (Å²) in [6.07, 6.45) is 6.26. The smallest absolute Gasteiger partial charge is 0.270 e. The Morgan fingerprint density at radius 3 is 1.36 bits per heavy atom. The van der Waals surface area contributed by atoms with Gasteiger partial charge < -0.3 is 9.84 Å². The van der Waals surface area contributed by atoms with Crippen molar-refractivity contribution in [3.63, 3.8) is 0 Å². The molecule has 2 aliphatic rings. The van der Waals surface area contributed by atoms with Crippen molar-refractivity contribution in [3.8, 4) is 5.75 Å². The van der Waals surface area contributed by atoms with Gasteiger partial charge in [0.2, 0.25) is 0 Å². The summed E-state index contributed by atoms with van der Waals surface area (Å²) in [4.78, 5) is 0. The van der Waals surface area contributed by atoms with E-state index in [4.69, 9.17) is 27.9 Å². The van der Waals surface area contributed by atoms with Gasteiger partial charge in [0, 0.05) is 22.5 Å². The molecule has 0 fully saturated rings. The number of fused-ring (bicyclic) bond motifs is 2. The lowest BCUT2D eigenvalue weighted by Crippen LogP contribution is -2.15. The van der Waals surface area contributed by atoms with Gasteiger partial charge in [0.15, 0.2) is 0 Å². The number of rotatable bonds is 12. The molecule has 7 aromatic rings. The Bertz CT molecular complexity index is 3350. The van der Waals surface area contributed by atoms with Crippen molar-refractivity contribution in [2.45, 2.75) is 270 Å². The van der Waals surface area contributed by atoms with Crippen molar-refractivity contribution in [1.29, 1.82) is 0 Å². The minimum absolute atomic E-state index is 0.0960. The first-order valence-electron chi connectivity index (χ1n) is 33.7. The molecule has 6 heteroatoms. The molecular weight excluding hydrogens is 1160 g/mol. The molecule has 0 aromatic heterocycles. The second-order valence-corrected chi connectivity index (χ2v) is 30.0. The molecule has 91 heavy (non-hydrogen) atoms. The number of halogens is 4. The number of alkyl halides is 2. The molecule has 0 unspecified atom stereocenters. The van der Waals surface area contributed by atoms with Crippen LogP contribution in [0.5, 0.6) is 5.75 Å². The molecule has 0 bridgehead atoms. The number of hydrogen-bond acceptors (Lipinski definition) is 2. The molecule has 0 atom stereocenters. The summed E-state index contributed by atoms with van der Waals surface area (Å²) in [5, 5.41) is 11.5. The Hall–Kier alpha value is -5.52. The van der Waals surface area contributed by atoms with E-state index in [0.29, 0.717) is 52.8 Å². The van der Waals surface area contributed by atoms with Gasteiger partial charge in [0.1, 0.15) is 5.75 Å². The van der Waals surface area contributed by atoms with Gasteiger partial charge >= 0.3 is 0 Å². The summed E-state index contributed by atoms with van der Waals surface area (Å²) in [7, 11) is 0. The van der Waals surface area contributed by atoms with E-state index in [2.05, 4.69) is 236 Å². The maximum Gasteiger partial charge on any atom is 0.270 e. The first-order chi connectivity index (χ1) is 42.1. The van der Waals surface area contributed by atoms with Gasteiger partial charge in [-0.3, -0.25) is 0 Å². The Balaban J connectivity index is 0.000000278. The molecule has 0 radical (unpaired) electrons. The lowest BCUT2D eigenvalue weighted by molar-refractivity contribution is 0.0173. The lowest BCUT2D eigenvalue weighted by atomic mass is 9.85. The third-order valence-electron chi connectivity index (χ3n) is 17.1. The zero-order valence-corrected chi connectivity index (χ0v) is 62.6. The zero-order valence-electron chi connectivity index (χ0n) is 61.0. The van der Waals surface area contributed by atoms with Crippen molar-refractivity contribution in [2.24, 2.45) is 0 Å². The van der Waals surface area contributed by atoms with E-state index in [1.807, 2.05) is 51.1 Å². The topological polar surface area (TPSA) is 29.5 Å². The van der Waals surface area contributed by atoms with Crippen LogP contribution in [0.2, 0.25) is 10.0 Å². The zero-order chi connectivity index (χ0) is 69.0. The standard InChI is InChI=1S/C14H20.C13H20O.C13H16.C12H17ClO.C12H18.C11H14F2.C10H13Cl/c1-10(2)12-6-5-11-7-8-14(3,4)13(11)9-12;1-9(2)12-7-6-11(5)13(8-12)14-10(3)4;1-9(2)12-7-6-11-5-4-10(3)13(11)8-12;1-8(2)10-7-9(12(3,4)14)5-6-11(10)13;1-9(2)11-6-5-7-12(8-11)10(3)4;1-8(2)9-5-4-6-10(7-9)11(3,12)13;1-7(2)9-5-4-8(3)10(11)6-9/h5-6,9-10H,7-8H2,1-4H3;6-10H,1-5H3;4,6-9H,5H2,1-3H3;5-8,14H,1-4H3;5-10H,1-4H3;4-8H,1-3H3;4-7H,1-3H3. The number of hydrogen-bond donors (Lipinski definition) is 1. The second kappa shape index (κ2) is 36.2. The summed E-state index contributed by atoms with van der Waals surface area (Å²) in [5.41, 5.74) is 21.0. The van der Waals surface area contributed by atoms with Gasteiger partial charge in [-0.15, -0.1) is 0 Å². The maximum absolute atomic E-state index is 12.9. The SMILES string of the molecule is CC(C)c1cc(C(C)(C)O)ccc1Cl.CC(C)c1ccc2c(c1)C(C)(C)CC2.CC(C)c1cccc(C(C)(F)F)c1.CC(C)c1cccc(C(C)C)c1.CC1=CCc2ccc(C(C)C)cc21.Cc1ccc(C(C)C)cc1Cl.Cc1ccc(C(C)C)cc1OC(C)C. The first-order valence-corrected chi connectivity index (χ1v) is 34.5. The lowest BCUT2D eigenvalue weighted by Gasteiger charge is -2.20. The third-order valence-corrected chi connectivity index (χ3v) is 17.9. The van der Waals surface area contributed by atoms with Crippen molar-refractivity contribution >= 4 is 28.8 Å². The molecule has 0 heterocycles. The van der Waals surface area contributed by atoms with Crippen LogP contribution in [0.1, 0.15) is 309 Å². The summed E-state index contributed by atoms with van der Waals surface area (Å²) in [6.45, 7) is 54.5. The third kappa shape index (κ3) is 26.1. The average molecular weight is 1280 g/mol. The second-order valence-electron chi connectivity index (χ2n) is 29.2. The molecule has 2 nitrogen and oxygen atoms in total. The number of aliphatic hydroxyl groups is 1. The number of aryl methyl sites for hydroxylation is 3. The molecule has 9 rings (SSSR count). The summed E-state index contributed by atoms with van der Waals surface area (Å²) < 4.78 is 31.5. The maximum atomic E-state index is 12.9.